The number of nitrogens with zero attached hydrogens (tertiary/aromatic N) is 1. The molecule has 3 rings (SSSR count). The van der Waals surface area contributed by atoms with Gasteiger partial charge < -0.3 is 15.1 Å². The first-order valence-electron chi connectivity index (χ1n) is 7.26. The van der Waals surface area contributed by atoms with Crippen LogP contribution >= 0.6 is 0 Å². The van der Waals surface area contributed by atoms with Crippen LogP contribution in [0.1, 0.15) is 29.8 Å². The lowest BCUT2D eigenvalue weighted by molar-refractivity contribution is 0.0640. The summed E-state index contributed by atoms with van der Waals surface area (Å²) in [7, 11) is 0. The second-order valence-electron chi connectivity index (χ2n) is 5.49. The Bertz CT molecular complexity index is 570. The van der Waals surface area contributed by atoms with Crippen molar-refractivity contribution >= 4 is 16.9 Å². The number of carbonyl (C=O) groups is 1. The molecule has 1 atom stereocenters. The van der Waals surface area contributed by atoms with Crippen LogP contribution in [0.15, 0.2) is 34.7 Å². The molecule has 0 spiro atoms. The highest BCUT2D eigenvalue weighted by Gasteiger charge is 2.26. The number of nitrogens with two attached hydrogens (primary N) is 1. The number of hydrogen-bond donors (Lipinski definition) is 1. The molecule has 1 saturated heterocycles. The summed E-state index contributed by atoms with van der Waals surface area (Å²) in [5.74, 6) is 0.976. The third-order valence-corrected chi connectivity index (χ3v) is 4.02. The van der Waals surface area contributed by atoms with Crippen molar-refractivity contribution in [2.45, 2.75) is 19.3 Å². The lowest BCUT2D eigenvalue weighted by Crippen LogP contribution is -2.40. The van der Waals surface area contributed by atoms with E-state index < -0.39 is 0 Å². The summed E-state index contributed by atoms with van der Waals surface area (Å²) in [5.41, 5.74) is 6.39. The molecule has 1 aromatic carbocycles. The molecule has 0 aliphatic carbocycles. The molecule has 2 N–H and O–H groups in total. The van der Waals surface area contributed by atoms with Gasteiger partial charge in [-0.3, -0.25) is 4.79 Å². The fourth-order valence-electron chi connectivity index (χ4n) is 2.96. The first-order chi connectivity index (χ1) is 9.78. The van der Waals surface area contributed by atoms with Crippen LogP contribution in [-0.2, 0) is 0 Å². The Morgan fingerprint density at radius 1 is 1.40 bits per heavy atom. The van der Waals surface area contributed by atoms with Crippen molar-refractivity contribution in [3.8, 4) is 0 Å². The summed E-state index contributed by atoms with van der Waals surface area (Å²) >= 11 is 0. The van der Waals surface area contributed by atoms with Crippen LogP contribution < -0.4 is 5.73 Å². The molecule has 0 radical (unpaired) electrons. The van der Waals surface area contributed by atoms with Gasteiger partial charge in [-0.1, -0.05) is 18.2 Å². The lowest BCUT2D eigenvalue weighted by atomic mass is 9.95. The number of fused-ring (bicyclic) bond motifs is 1. The highest BCUT2D eigenvalue weighted by molar-refractivity contribution is 5.96. The maximum absolute atomic E-state index is 12.5. The van der Waals surface area contributed by atoms with Crippen LogP contribution in [0.2, 0.25) is 0 Å². The fourth-order valence-corrected chi connectivity index (χ4v) is 2.96. The van der Waals surface area contributed by atoms with Gasteiger partial charge in [0, 0.05) is 18.5 Å². The third kappa shape index (κ3) is 2.56. The van der Waals surface area contributed by atoms with Crippen LogP contribution in [0.4, 0.5) is 0 Å². The Kier molecular flexibility index (Phi) is 3.74. The zero-order chi connectivity index (χ0) is 13.9. The predicted molar refractivity (Wildman–Crippen MR) is 78.5 cm³/mol. The van der Waals surface area contributed by atoms with E-state index in [2.05, 4.69) is 0 Å². The zero-order valence-electron chi connectivity index (χ0n) is 11.5. The zero-order valence-corrected chi connectivity index (χ0v) is 11.5. The van der Waals surface area contributed by atoms with Gasteiger partial charge in [0.05, 0.1) is 0 Å². The van der Waals surface area contributed by atoms with Crippen LogP contribution in [0.3, 0.4) is 0 Å². The number of carbonyl (C=O) groups excluding carboxylic acids is 1. The van der Waals surface area contributed by atoms with Crippen molar-refractivity contribution < 1.29 is 9.21 Å². The largest absolute Gasteiger partial charge is 0.451 e. The Morgan fingerprint density at radius 3 is 3.05 bits per heavy atom. The van der Waals surface area contributed by atoms with Crippen molar-refractivity contribution in [2.24, 2.45) is 11.7 Å². The highest BCUT2D eigenvalue weighted by atomic mass is 16.3. The van der Waals surface area contributed by atoms with Crippen LogP contribution in [0.25, 0.3) is 11.0 Å². The van der Waals surface area contributed by atoms with Gasteiger partial charge in [-0.25, -0.2) is 0 Å². The summed E-state index contributed by atoms with van der Waals surface area (Å²) in [6.45, 7) is 2.31. The number of furan rings is 1. The van der Waals surface area contributed by atoms with E-state index in [9.17, 15) is 4.79 Å². The summed E-state index contributed by atoms with van der Waals surface area (Å²) in [4.78, 5) is 14.4. The molecular weight excluding hydrogens is 252 g/mol. The summed E-state index contributed by atoms with van der Waals surface area (Å²) in [6.07, 6.45) is 3.21. The molecular formula is C16H20N2O2. The van der Waals surface area contributed by atoms with Gasteiger partial charge in [0.1, 0.15) is 5.58 Å². The van der Waals surface area contributed by atoms with Gasteiger partial charge in [0.25, 0.3) is 5.91 Å². The smallest absolute Gasteiger partial charge is 0.289 e. The minimum Gasteiger partial charge on any atom is -0.451 e. The van der Waals surface area contributed by atoms with Gasteiger partial charge in [0.15, 0.2) is 5.76 Å². The Hall–Kier alpha value is -1.81. The summed E-state index contributed by atoms with van der Waals surface area (Å²) in [5, 5.41) is 0.978. The van der Waals surface area contributed by atoms with Crippen molar-refractivity contribution in [1.29, 1.82) is 0 Å². The molecule has 20 heavy (non-hydrogen) atoms. The summed E-state index contributed by atoms with van der Waals surface area (Å²) in [6, 6.07) is 9.55. The molecule has 1 aliphatic heterocycles. The molecule has 1 unspecified atom stereocenters. The molecule has 0 bridgehead atoms. The second kappa shape index (κ2) is 5.67. The quantitative estimate of drug-likeness (QED) is 0.934. The minimum atomic E-state index is 0.00271. The Labute approximate surface area is 118 Å². The summed E-state index contributed by atoms with van der Waals surface area (Å²) < 4.78 is 5.66. The van der Waals surface area contributed by atoms with E-state index in [0.29, 0.717) is 18.2 Å². The molecule has 1 aliphatic rings. The van der Waals surface area contributed by atoms with Gasteiger partial charge in [-0.15, -0.1) is 0 Å². The van der Waals surface area contributed by atoms with Gasteiger partial charge in [-0.2, -0.15) is 0 Å². The van der Waals surface area contributed by atoms with Crippen LogP contribution in [0.5, 0.6) is 0 Å². The molecule has 106 valence electrons. The molecule has 2 aromatic rings. The van der Waals surface area contributed by atoms with Crippen molar-refractivity contribution in [2.75, 3.05) is 19.6 Å². The van der Waals surface area contributed by atoms with Gasteiger partial charge in [0.2, 0.25) is 0 Å². The maximum Gasteiger partial charge on any atom is 0.289 e. The molecule has 4 heteroatoms. The van der Waals surface area contributed by atoms with Gasteiger partial charge >= 0.3 is 0 Å². The van der Waals surface area contributed by atoms with E-state index in [1.807, 2.05) is 35.2 Å². The Morgan fingerprint density at radius 2 is 2.25 bits per heavy atom. The van der Waals surface area contributed by atoms with Crippen molar-refractivity contribution in [3.05, 3.63) is 36.1 Å². The van der Waals surface area contributed by atoms with Crippen LogP contribution in [-0.4, -0.2) is 30.4 Å². The monoisotopic (exact) mass is 272 g/mol. The number of rotatable bonds is 3. The maximum atomic E-state index is 12.5. The molecule has 1 aromatic heterocycles. The number of likely N-dealkylation sites (tertiary alicyclic amines) is 1. The van der Waals surface area contributed by atoms with E-state index in [4.69, 9.17) is 10.2 Å². The average molecular weight is 272 g/mol. The predicted octanol–water partition coefficient (Wildman–Crippen LogP) is 2.63. The van der Waals surface area contributed by atoms with E-state index >= 15 is 0 Å². The van der Waals surface area contributed by atoms with E-state index in [0.717, 1.165) is 36.9 Å². The molecule has 4 nitrogen and oxygen atoms in total. The first kappa shape index (κ1) is 13.2. The standard InChI is InChI=1S/C16H20N2O2/c17-8-7-12-4-3-9-18(11-12)16(19)15-10-13-5-1-2-6-14(13)20-15/h1-2,5-6,10,12H,3-4,7-9,11,17H2. The SMILES string of the molecule is NCCC1CCCN(C(=O)c2cc3ccccc3o2)C1. The lowest BCUT2D eigenvalue weighted by Gasteiger charge is -2.32. The topological polar surface area (TPSA) is 59.5 Å². The Balaban J connectivity index is 1.77. The number of amides is 1. The highest BCUT2D eigenvalue weighted by Crippen LogP contribution is 2.24. The van der Waals surface area contributed by atoms with Gasteiger partial charge in [-0.05, 0) is 43.9 Å². The molecule has 1 amide bonds. The second-order valence-corrected chi connectivity index (χ2v) is 5.49. The van der Waals surface area contributed by atoms with Crippen molar-refractivity contribution in [1.82, 2.24) is 4.90 Å². The van der Waals surface area contributed by atoms with E-state index in [1.165, 1.54) is 6.42 Å². The van der Waals surface area contributed by atoms with Crippen LogP contribution in [0, 0.1) is 5.92 Å². The molecule has 0 saturated carbocycles. The minimum absolute atomic E-state index is 0.00271. The molecule has 1 fully saturated rings. The number of para-hydroxylation sites is 1. The fraction of sp³-hybridized carbons (Fsp3) is 0.438. The molecule has 2 heterocycles. The number of hydrogen-bond acceptors (Lipinski definition) is 3. The average Bonchev–Trinajstić information content (AvgIpc) is 2.91. The van der Waals surface area contributed by atoms with Crippen molar-refractivity contribution in [3.63, 3.8) is 0 Å². The first-order valence-corrected chi connectivity index (χ1v) is 7.26. The van der Waals surface area contributed by atoms with E-state index in [1.54, 1.807) is 0 Å². The number of benzene rings is 1. The third-order valence-electron chi connectivity index (χ3n) is 4.02. The normalized spacial score (nSPS) is 19.4. The number of piperidine rings is 1. The van der Waals surface area contributed by atoms with E-state index in [-0.39, 0.29) is 5.91 Å².